The molecule has 0 spiro atoms. The van der Waals surface area contributed by atoms with Gasteiger partial charge in [-0.15, -0.1) is 0 Å². The van der Waals surface area contributed by atoms with Crippen molar-refractivity contribution in [3.63, 3.8) is 0 Å². The van der Waals surface area contributed by atoms with Crippen LogP contribution in [-0.2, 0) is 0 Å². The van der Waals surface area contributed by atoms with Crippen LogP contribution < -0.4 is 18.9 Å². The topological polar surface area (TPSA) is 60.7 Å². The Kier molecular flexibility index (Phi) is 4.63. The van der Waals surface area contributed by atoms with Gasteiger partial charge in [0.05, 0.1) is 30.3 Å². The highest BCUT2D eigenvalue weighted by Crippen LogP contribution is 2.37. The molecule has 1 aliphatic rings. The minimum absolute atomic E-state index is 0.198. The van der Waals surface area contributed by atoms with Gasteiger partial charge in [0.2, 0.25) is 6.79 Å². The van der Waals surface area contributed by atoms with Gasteiger partial charge >= 0.3 is 0 Å². The number of halogens is 1. The Hall–Kier alpha value is -2.65. The van der Waals surface area contributed by atoms with Crippen molar-refractivity contribution in [2.24, 2.45) is 0 Å². The average molecular weight is 388 g/mol. The van der Waals surface area contributed by atoms with Gasteiger partial charge < -0.3 is 18.9 Å². The van der Waals surface area contributed by atoms with Crippen LogP contribution in [0.15, 0.2) is 34.8 Å². The first kappa shape index (κ1) is 16.2. The Balaban J connectivity index is 2.05. The van der Waals surface area contributed by atoms with E-state index >= 15 is 0 Å². The number of hydrogen-bond acceptors (Lipinski definition) is 5. The molecule has 0 bridgehead atoms. The van der Waals surface area contributed by atoms with E-state index in [1.807, 2.05) is 12.1 Å². The summed E-state index contributed by atoms with van der Waals surface area (Å²) >= 11 is 3.45. The molecular weight excluding hydrogens is 374 g/mol. The van der Waals surface area contributed by atoms with Gasteiger partial charge in [0.1, 0.15) is 11.5 Å². The summed E-state index contributed by atoms with van der Waals surface area (Å²) in [5.41, 5.74) is 2.00. The van der Waals surface area contributed by atoms with Crippen molar-refractivity contribution in [1.29, 1.82) is 5.26 Å². The van der Waals surface area contributed by atoms with Gasteiger partial charge in [0.15, 0.2) is 11.5 Å². The van der Waals surface area contributed by atoms with Crippen molar-refractivity contribution < 1.29 is 18.9 Å². The fourth-order valence-electron chi connectivity index (χ4n) is 2.40. The first-order valence-electron chi connectivity index (χ1n) is 7.09. The standard InChI is InChI=1S/C18H14BrNO4/c1-21-16-8-17(22-2)14(19)6-12(16)5-13(9-20)11-3-4-15-18(7-11)24-10-23-15/h3-8H,10H2,1-2H3/b13-5-. The molecule has 24 heavy (non-hydrogen) atoms. The van der Waals surface area contributed by atoms with E-state index in [0.717, 1.165) is 15.6 Å². The number of benzene rings is 2. The van der Waals surface area contributed by atoms with E-state index in [4.69, 9.17) is 18.9 Å². The van der Waals surface area contributed by atoms with E-state index < -0.39 is 0 Å². The molecule has 0 atom stereocenters. The molecule has 0 fully saturated rings. The summed E-state index contributed by atoms with van der Waals surface area (Å²) in [5, 5.41) is 9.56. The van der Waals surface area contributed by atoms with Crippen LogP contribution in [0.2, 0.25) is 0 Å². The highest BCUT2D eigenvalue weighted by molar-refractivity contribution is 9.10. The van der Waals surface area contributed by atoms with Crippen LogP contribution in [0.3, 0.4) is 0 Å². The van der Waals surface area contributed by atoms with Gasteiger partial charge in [0.25, 0.3) is 0 Å². The van der Waals surface area contributed by atoms with E-state index in [0.29, 0.717) is 28.6 Å². The Morgan fingerprint density at radius 3 is 2.58 bits per heavy atom. The lowest BCUT2D eigenvalue weighted by molar-refractivity contribution is 0.174. The van der Waals surface area contributed by atoms with Crippen LogP contribution in [-0.4, -0.2) is 21.0 Å². The summed E-state index contributed by atoms with van der Waals surface area (Å²) in [5.74, 6) is 2.59. The smallest absolute Gasteiger partial charge is 0.231 e. The van der Waals surface area contributed by atoms with E-state index in [1.54, 1.807) is 38.5 Å². The van der Waals surface area contributed by atoms with E-state index in [2.05, 4.69) is 22.0 Å². The molecule has 0 aromatic heterocycles. The quantitative estimate of drug-likeness (QED) is 0.579. The Morgan fingerprint density at radius 1 is 1.12 bits per heavy atom. The second-order valence-corrected chi connectivity index (χ2v) is 5.82. The van der Waals surface area contributed by atoms with Crippen LogP contribution in [0.5, 0.6) is 23.0 Å². The number of ether oxygens (including phenoxy) is 4. The molecule has 6 heteroatoms. The third-order valence-electron chi connectivity index (χ3n) is 3.61. The van der Waals surface area contributed by atoms with Crippen molar-refractivity contribution in [1.82, 2.24) is 0 Å². The zero-order chi connectivity index (χ0) is 17.1. The molecule has 2 aromatic rings. The maximum atomic E-state index is 9.56. The van der Waals surface area contributed by atoms with E-state index in [1.165, 1.54) is 0 Å². The van der Waals surface area contributed by atoms with Crippen molar-refractivity contribution in [2.45, 2.75) is 0 Å². The molecule has 0 N–H and O–H groups in total. The molecule has 3 rings (SSSR count). The molecule has 122 valence electrons. The maximum absolute atomic E-state index is 9.56. The number of allylic oxidation sites excluding steroid dienone is 1. The van der Waals surface area contributed by atoms with Gasteiger partial charge in [0, 0.05) is 11.6 Å². The summed E-state index contributed by atoms with van der Waals surface area (Å²) in [4.78, 5) is 0. The minimum Gasteiger partial charge on any atom is -0.496 e. The van der Waals surface area contributed by atoms with Gasteiger partial charge in [-0.25, -0.2) is 0 Å². The summed E-state index contributed by atoms with van der Waals surface area (Å²) < 4.78 is 22.1. The number of rotatable bonds is 4. The highest BCUT2D eigenvalue weighted by atomic mass is 79.9. The fourth-order valence-corrected chi connectivity index (χ4v) is 2.92. The molecule has 0 saturated heterocycles. The lowest BCUT2D eigenvalue weighted by Crippen LogP contribution is -1.93. The third-order valence-corrected chi connectivity index (χ3v) is 4.23. The van der Waals surface area contributed by atoms with E-state index in [-0.39, 0.29) is 6.79 Å². The number of nitriles is 1. The second-order valence-electron chi connectivity index (χ2n) is 4.97. The molecule has 0 amide bonds. The molecule has 1 aliphatic heterocycles. The monoisotopic (exact) mass is 387 g/mol. The van der Waals surface area contributed by atoms with Crippen LogP contribution >= 0.6 is 15.9 Å². The van der Waals surface area contributed by atoms with Gasteiger partial charge in [-0.05, 0) is 51.8 Å². The van der Waals surface area contributed by atoms with Crippen molar-refractivity contribution in [2.75, 3.05) is 21.0 Å². The first-order valence-corrected chi connectivity index (χ1v) is 7.89. The lowest BCUT2D eigenvalue weighted by atomic mass is 10.0. The second kappa shape index (κ2) is 6.85. The van der Waals surface area contributed by atoms with Crippen LogP contribution in [0.25, 0.3) is 11.6 Å². The third kappa shape index (κ3) is 3.03. The predicted molar refractivity (Wildman–Crippen MR) is 93.3 cm³/mol. The minimum atomic E-state index is 0.198. The highest BCUT2D eigenvalue weighted by Gasteiger charge is 2.15. The van der Waals surface area contributed by atoms with Crippen LogP contribution in [0.4, 0.5) is 0 Å². The van der Waals surface area contributed by atoms with Crippen molar-refractivity contribution in [3.8, 4) is 29.1 Å². The normalized spacial score (nSPS) is 12.7. The van der Waals surface area contributed by atoms with Crippen molar-refractivity contribution in [3.05, 3.63) is 45.9 Å². The van der Waals surface area contributed by atoms with Gasteiger partial charge in [-0.1, -0.05) is 0 Å². The summed E-state index contributed by atoms with van der Waals surface area (Å²) in [6, 6.07) is 11.3. The Morgan fingerprint density at radius 2 is 1.88 bits per heavy atom. The Labute approximate surface area is 148 Å². The number of nitrogens with zero attached hydrogens (tertiary/aromatic N) is 1. The largest absolute Gasteiger partial charge is 0.496 e. The van der Waals surface area contributed by atoms with E-state index in [9.17, 15) is 5.26 Å². The molecule has 0 radical (unpaired) electrons. The summed E-state index contributed by atoms with van der Waals surface area (Å²) in [6.45, 7) is 0.198. The number of fused-ring (bicyclic) bond motifs is 1. The molecular formula is C18H14BrNO4. The zero-order valence-corrected chi connectivity index (χ0v) is 14.7. The lowest BCUT2D eigenvalue weighted by Gasteiger charge is -2.10. The van der Waals surface area contributed by atoms with Gasteiger partial charge in [-0.2, -0.15) is 5.26 Å². The predicted octanol–water partition coefficient (Wildman–Crippen LogP) is 4.26. The molecule has 2 aromatic carbocycles. The fraction of sp³-hybridized carbons (Fsp3) is 0.167. The molecule has 1 heterocycles. The molecule has 0 unspecified atom stereocenters. The van der Waals surface area contributed by atoms with Crippen LogP contribution in [0, 0.1) is 11.3 Å². The Bertz CT molecular complexity index is 855. The summed E-state index contributed by atoms with van der Waals surface area (Å²) in [6.07, 6.45) is 1.76. The maximum Gasteiger partial charge on any atom is 0.231 e. The zero-order valence-electron chi connectivity index (χ0n) is 13.1. The molecule has 5 nitrogen and oxygen atoms in total. The number of methoxy groups -OCH3 is 2. The van der Waals surface area contributed by atoms with Crippen LogP contribution in [0.1, 0.15) is 11.1 Å². The first-order chi connectivity index (χ1) is 11.7. The molecule has 0 aliphatic carbocycles. The summed E-state index contributed by atoms with van der Waals surface area (Å²) in [7, 11) is 3.16. The van der Waals surface area contributed by atoms with Gasteiger partial charge in [-0.3, -0.25) is 0 Å². The SMILES string of the molecule is COc1cc(OC)c(/C=C(/C#N)c2ccc3c(c2)OCO3)cc1Br. The molecule has 0 saturated carbocycles. The van der Waals surface area contributed by atoms with Crippen molar-refractivity contribution >= 4 is 27.6 Å². The average Bonchev–Trinajstić information content (AvgIpc) is 3.07. The number of hydrogen-bond donors (Lipinski definition) is 0.